The summed E-state index contributed by atoms with van der Waals surface area (Å²) >= 11 is 15.1. The molecule has 0 bridgehead atoms. The van der Waals surface area contributed by atoms with Crippen molar-refractivity contribution in [1.82, 2.24) is 9.88 Å². The van der Waals surface area contributed by atoms with E-state index in [1.165, 1.54) is 4.90 Å². The van der Waals surface area contributed by atoms with Crippen LogP contribution < -0.4 is 10.2 Å². The van der Waals surface area contributed by atoms with Crippen LogP contribution in [0.3, 0.4) is 0 Å². The van der Waals surface area contributed by atoms with Crippen LogP contribution in [0.5, 0.6) is 0 Å². The zero-order valence-electron chi connectivity index (χ0n) is 17.6. The highest BCUT2D eigenvalue weighted by Gasteiger charge is 2.35. The van der Waals surface area contributed by atoms with E-state index in [-0.39, 0.29) is 10.7 Å². The Morgan fingerprint density at radius 1 is 1.06 bits per heavy atom. The van der Waals surface area contributed by atoms with E-state index in [0.717, 1.165) is 32.7 Å². The van der Waals surface area contributed by atoms with Crippen molar-refractivity contribution in [2.75, 3.05) is 4.90 Å². The molecule has 2 amide bonds. The summed E-state index contributed by atoms with van der Waals surface area (Å²) in [6.45, 7) is 5.80. The number of nitrogens with one attached hydrogen (secondary N) is 1. The second kappa shape index (κ2) is 8.65. The fourth-order valence-corrected chi connectivity index (χ4v) is 4.62. The molecule has 1 aliphatic heterocycles. The molecular weight excluding hydrogens is 510 g/mol. The lowest BCUT2D eigenvalue weighted by Gasteiger charge is -2.29. The molecule has 1 fully saturated rings. The standard InChI is InChI=1S/C24H19BrClN3O2S/c1-13-8-9-17(12-20(13)26)29-23(31)18(22(30)27-24(29)32)11-16-10-14(2)28(15(16)3)21-7-5-4-6-19(21)25/h4-12H,1-3H3,(H,27,30,32)/b18-11+. The summed E-state index contributed by atoms with van der Waals surface area (Å²) in [5.74, 6) is -1.02. The average Bonchev–Trinajstić information content (AvgIpc) is 3.01. The molecule has 0 saturated carbocycles. The van der Waals surface area contributed by atoms with Gasteiger partial charge in [-0.05, 0) is 96.5 Å². The molecule has 1 aliphatic rings. The molecule has 1 N–H and O–H groups in total. The Morgan fingerprint density at radius 3 is 2.47 bits per heavy atom. The third-order valence-electron chi connectivity index (χ3n) is 5.38. The van der Waals surface area contributed by atoms with Gasteiger partial charge in [-0.3, -0.25) is 19.8 Å². The van der Waals surface area contributed by atoms with Crippen molar-refractivity contribution < 1.29 is 9.59 Å². The number of rotatable bonds is 3. The lowest BCUT2D eigenvalue weighted by atomic mass is 10.1. The highest BCUT2D eigenvalue weighted by atomic mass is 79.9. The van der Waals surface area contributed by atoms with Gasteiger partial charge in [-0.2, -0.15) is 0 Å². The van der Waals surface area contributed by atoms with Crippen molar-refractivity contribution in [3.05, 3.63) is 86.1 Å². The molecule has 0 unspecified atom stereocenters. The number of amides is 2. The number of thiocarbonyl (C=S) groups is 1. The molecule has 4 rings (SSSR count). The highest BCUT2D eigenvalue weighted by Crippen LogP contribution is 2.30. The number of para-hydroxylation sites is 1. The smallest absolute Gasteiger partial charge is 0.270 e. The summed E-state index contributed by atoms with van der Waals surface area (Å²) in [7, 11) is 0. The molecule has 0 aliphatic carbocycles. The van der Waals surface area contributed by atoms with Gasteiger partial charge in [-0.1, -0.05) is 29.8 Å². The number of hydrogen-bond donors (Lipinski definition) is 1. The van der Waals surface area contributed by atoms with Crippen LogP contribution in [0.2, 0.25) is 5.02 Å². The first-order valence-electron chi connectivity index (χ1n) is 9.80. The number of carbonyl (C=O) groups is 2. The predicted molar refractivity (Wildman–Crippen MR) is 135 cm³/mol. The van der Waals surface area contributed by atoms with Crippen LogP contribution >= 0.6 is 39.7 Å². The molecule has 1 saturated heterocycles. The molecule has 32 heavy (non-hydrogen) atoms. The van der Waals surface area contributed by atoms with Gasteiger partial charge >= 0.3 is 0 Å². The maximum Gasteiger partial charge on any atom is 0.270 e. The van der Waals surface area contributed by atoms with E-state index in [1.54, 1.807) is 24.3 Å². The molecule has 0 spiro atoms. The van der Waals surface area contributed by atoms with Gasteiger partial charge in [0, 0.05) is 20.9 Å². The van der Waals surface area contributed by atoms with Gasteiger partial charge in [-0.15, -0.1) is 0 Å². The van der Waals surface area contributed by atoms with Crippen molar-refractivity contribution in [2.45, 2.75) is 20.8 Å². The Morgan fingerprint density at radius 2 is 1.78 bits per heavy atom. The fourth-order valence-electron chi connectivity index (χ4n) is 3.71. The second-order valence-corrected chi connectivity index (χ2v) is 9.15. The molecule has 162 valence electrons. The minimum atomic E-state index is -0.528. The SMILES string of the molecule is Cc1ccc(N2C(=O)/C(=C/c3cc(C)n(-c4ccccc4Br)c3C)C(=O)NC2=S)cc1Cl. The van der Waals surface area contributed by atoms with E-state index in [2.05, 4.69) is 25.8 Å². The van der Waals surface area contributed by atoms with Crippen molar-refractivity contribution in [2.24, 2.45) is 0 Å². The minimum Gasteiger partial charge on any atom is -0.317 e. The summed E-state index contributed by atoms with van der Waals surface area (Å²) < 4.78 is 3.02. The molecule has 5 nitrogen and oxygen atoms in total. The molecule has 2 aromatic carbocycles. The van der Waals surface area contributed by atoms with Crippen LogP contribution in [0.1, 0.15) is 22.5 Å². The lowest BCUT2D eigenvalue weighted by molar-refractivity contribution is -0.122. The third kappa shape index (κ3) is 3.92. The third-order valence-corrected chi connectivity index (χ3v) is 6.74. The van der Waals surface area contributed by atoms with Crippen LogP contribution in [0.25, 0.3) is 11.8 Å². The van der Waals surface area contributed by atoms with Crippen LogP contribution in [0.4, 0.5) is 5.69 Å². The molecular formula is C24H19BrClN3O2S. The topological polar surface area (TPSA) is 54.3 Å². The number of nitrogens with zero attached hydrogens (tertiary/aromatic N) is 2. The number of anilines is 1. The number of aryl methyl sites for hydroxylation is 2. The van der Waals surface area contributed by atoms with Crippen molar-refractivity contribution in [1.29, 1.82) is 0 Å². The van der Waals surface area contributed by atoms with Gasteiger partial charge in [0.05, 0.1) is 11.4 Å². The molecule has 1 aromatic heterocycles. The zero-order valence-corrected chi connectivity index (χ0v) is 20.7. The number of aromatic nitrogens is 1. The van der Waals surface area contributed by atoms with Gasteiger partial charge in [0.25, 0.3) is 11.8 Å². The number of benzene rings is 2. The van der Waals surface area contributed by atoms with Crippen LogP contribution in [0.15, 0.2) is 58.6 Å². The molecule has 0 atom stereocenters. The molecule has 2 heterocycles. The average molecular weight is 529 g/mol. The largest absolute Gasteiger partial charge is 0.317 e. The van der Waals surface area contributed by atoms with Crippen LogP contribution in [-0.2, 0) is 9.59 Å². The van der Waals surface area contributed by atoms with E-state index < -0.39 is 11.8 Å². The quantitative estimate of drug-likeness (QED) is 0.272. The van der Waals surface area contributed by atoms with E-state index in [9.17, 15) is 9.59 Å². The molecule has 8 heteroatoms. The van der Waals surface area contributed by atoms with E-state index in [4.69, 9.17) is 23.8 Å². The fraction of sp³-hybridized carbons (Fsp3) is 0.125. The van der Waals surface area contributed by atoms with Crippen molar-refractivity contribution >= 4 is 68.4 Å². The molecule has 0 radical (unpaired) electrons. The van der Waals surface area contributed by atoms with Gasteiger partial charge in [0.1, 0.15) is 5.57 Å². The Hall–Kier alpha value is -2.74. The first-order chi connectivity index (χ1) is 15.2. The van der Waals surface area contributed by atoms with Gasteiger partial charge < -0.3 is 4.57 Å². The van der Waals surface area contributed by atoms with Gasteiger partial charge in [0.2, 0.25) is 0 Å². The lowest BCUT2D eigenvalue weighted by Crippen LogP contribution is -2.54. The second-order valence-electron chi connectivity index (χ2n) is 7.50. The zero-order chi connectivity index (χ0) is 23.2. The Kier molecular flexibility index (Phi) is 6.07. The Balaban J connectivity index is 1.78. The highest BCUT2D eigenvalue weighted by molar-refractivity contribution is 9.10. The normalized spacial score (nSPS) is 15.5. The monoisotopic (exact) mass is 527 g/mol. The van der Waals surface area contributed by atoms with Gasteiger partial charge in [-0.25, -0.2) is 0 Å². The maximum absolute atomic E-state index is 13.3. The van der Waals surface area contributed by atoms with Crippen LogP contribution in [0, 0.1) is 20.8 Å². The van der Waals surface area contributed by atoms with E-state index >= 15 is 0 Å². The van der Waals surface area contributed by atoms with Gasteiger partial charge in [0.15, 0.2) is 5.11 Å². The minimum absolute atomic E-state index is 0.00248. The number of carbonyl (C=O) groups excluding carboxylic acids is 2. The number of halogens is 2. The van der Waals surface area contributed by atoms with Crippen LogP contribution in [-0.4, -0.2) is 21.5 Å². The van der Waals surface area contributed by atoms with Crippen molar-refractivity contribution in [3.8, 4) is 5.69 Å². The summed E-state index contributed by atoms with van der Waals surface area (Å²) in [6, 6.07) is 15.0. The molecule has 3 aromatic rings. The predicted octanol–water partition coefficient (Wildman–Crippen LogP) is 5.65. The summed E-state index contributed by atoms with van der Waals surface area (Å²) in [5.41, 5.74) is 5.01. The first-order valence-corrected chi connectivity index (χ1v) is 11.4. The van der Waals surface area contributed by atoms with E-state index in [0.29, 0.717) is 10.7 Å². The summed E-state index contributed by atoms with van der Waals surface area (Å²) in [4.78, 5) is 27.3. The number of hydrogen-bond acceptors (Lipinski definition) is 3. The first kappa shape index (κ1) is 22.5. The summed E-state index contributed by atoms with van der Waals surface area (Å²) in [6.07, 6.45) is 1.61. The van der Waals surface area contributed by atoms with Crippen molar-refractivity contribution in [3.63, 3.8) is 0 Å². The summed E-state index contributed by atoms with van der Waals surface area (Å²) in [5, 5.41) is 3.15. The Bertz CT molecular complexity index is 1330. The van der Waals surface area contributed by atoms with E-state index in [1.807, 2.05) is 51.1 Å². The maximum atomic E-state index is 13.3. The Labute approximate surface area is 204 Å².